The lowest BCUT2D eigenvalue weighted by molar-refractivity contribution is -0.119. The van der Waals surface area contributed by atoms with Crippen LogP contribution in [0.15, 0.2) is 41.3 Å². The average Bonchev–Trinajstić information content (AvgIpc) is 3.19. The normalized spacial score (nSPS) is 11.9. The molecule has 0 saturated heterocycles. The van der Waals surface area contributed by atoms with Gasteiger partial charge >= 0.3 is 5.97 Å². The first-order chi connectivity index (χ1) is 14.1. The highest BCUT2D eigenvalue weighted by Crippen LogP contribution is 2.20. The first kappa shape index (κ1) is 23.3. The number of carbonyl (C=O) groups is 3. The number of ether oxygens (including phenoxy) is 1. The molecule has 0 bridgehead atoms. The van der Waals surface area contributed by atoms with Crippen LogP contribution in [0.2, 0.25) is 0 Å². The Morgan fingerprint density at radius 3 is 2.63 bits per heavy atom. The van der Waals surface area contributed by atoms with Crippen molar-refractivity contribution >= 4 is 39.0 Å². The summed E-state index contributed by atoms with van der Waals surface area (Å²) in [5.74, 6) is 0.744. The summed E-state index contributed by atoms with van der Waals surface area (Å²) in [6.07, 6.45) is 3.97. The third-order valence-corrected chi connectivity index (χ3v) is 6.31. The van der Waals surface area contributed by atoms with E-state index in [9.17, 15) is 22.8 Å². The third-order valence-electron chi connectivity index (χ3n) is 3.81. The summed E-state index contributed by atoms with van der Waals surface area (Å²) in [4.78, 5) is 36.9. The van der Waals surface area contributed by atoms with Gasteiger partial charge in [0.25, 0.3) is 0 Å². The zero-order chi connectivity index (χ0) is 22.3. The number of hydrogen-bond donors (Lipinski definition) is 2. The van der Waals surface area contributed by atoms with Gasteiger partial charge in [-0.05, 0) is 37.3 Å². The molecule has 1 unspecified atom stereocenters. The van der Waals surface area contributed by atoms with Gasteiger partial charge in [0.2, 0.25) is 21.7 Å². The number of Topliss-reactive ketones (excluding diaryl/α,β-unsaturated/α-hetero) is 1. The summed E-state index contributed by atoms with van der Waals surface area (Å²) in [5, 5.41) is 2.64. The maximum absolute atomic E-state index is 12.5. The molecule has 0 aliphatic heterocycles. The molecule has 0 aliphatic carbocycles. The minimum absolute atomic E-state index is 0.0178. The van der Waals surface area contributed by atoms with Crippen molar-refractivity contribution in [3.8, 4) is 12.3 Å². The van der Waals surface area contributed by atoms with Crippen molar-refractivity contribution in [1.29, 1.82) is 0 Å². The molecule has 158 valence electrons. The topological polar surface area (TPSA) is 119 Å². The summed E-state index contributed by atoms with van der Waals surface area (Å²) in [6, 6.07) is 8.54. The fraction of sp³-hybridized carbons (Fsp3) is 0.250. The average molecular weight is 449 g/mol. The number of nitrogens with one attached hydrogen (secondary N) is 2. The monoisotopic (exact) mass is 448 g/mol. The molecule has 2 N–H and O–H groups in total. The second-order valence-corrected chi connectivity index (χ2v) is 9.08. The minimum Gasteiger partial charge on any atom is -0.451 e. The molecule has 0 aliphatic rings. The molecule has 1 aromatic carbocycles. The second kappa shape index (κ2) is 10.2. The number of esters is 1. The quantitative estimate of drug-likeness (QED) is 0.343. The molecule has 8 nitrogen and oxygen atoms in total. The smallest absolute Gasteiger partial charge is 0.338 e. The maximum Gasteiger partial charge on any atom is 0.338 e. The molecule has 1 aromatic heterocycles. The zero-order valence-electron chi connectivity index (χ0n) is 16.3. The molecule has 0 radical (unpaired) electrons. The van der Waals surface area contributed by atoms with Gasteiger partial charge in [0, 0.05) is 11.8 Å². The van der Waals surface area contributed by atoms with Crippen LogP contribution in [-0.4, -0.2) is 38.7 Å². The lowest BCUT2D eigenvalue weighted by Gasteiger charge is -2.12. The van der Waals surface area contributed by atoms with Gasteiger partial charge < -0.3 is 10.1 Å². The van der Waals surface area contributed by atoms with Gasteiger partial charge in [0.15, 0.2) is 6.10 Å². The van der Waals surface area contributed by atoms with Gasteiger partial charge in [-0.2, -0.15) is 4.72 Å². The molecule has 1 heterocycles. The van der Waals surface area contributed by atoms with Gasteiger partial charge in [-0.15, -0.1) is 17.8 Å². The van der Waals surface area contributed by atoms with E-state index in [0.717, 1.165) is 10.9 Å². The van der Waals surface area contributed by atoms with Crippen LogP contribution in [0.5, 0.6) is 0 Å². The number of hydrogen-bond acceptors (Lipinski definition) is 7. The first-order valence-electron chi connectivity index (χ1n) is 8.75. The molecule has 1 atom stereocenters. The van der Waals surface area contributed by atoms with E-state index < -0.39 is 27.9 Å². The summed E-state index contributed by atoms with van der Waals surface area (Å²) in [5.41, 5.74) is -0.0178. The van der Waals surface area contributed by atoms with Gasteiger partial charge in [-0.1, -0.05) is 12.0 Å². The molecule has 0 spiro atoms. The number of rotatable bonds is 9. The van der Waals surface area contributed by atoms with Gasteiger partial charge in [-0.3, -0.25) is 9.59 Å². The van der Waals surface area contributed by atoms with E-state index in [2.05, 4.69) is 16.0 Å². The highest BCUT2D eigenvalue weighted by atomic mass is 32.2. The Morgan fingerprint density at radius 2 is 1.97 bits per heavy atom. The Morgan fingerprint density at radius 1 is 1.23 bits per heavy atom. The predicted molar refractivity (Wildman–Crippen MR) is 112 cm³/mol. The van der Waals surface area contributed by atoms with Crippen molar-refractivity contribution in [2.75, 3.05) is 6.54 Å². The van der Waals surface area contributed by atoms with Crippen molar-refractivity contribution in [2.45, 2.75) is 31.4 Å². The summed E-state index contributed by atoms with van der Waals surface area (Å²) in [6.45, 7) is 2.94. The molecule has 0 saturated carbocycles. The van der Waals surface area contributed by atoms with Crippen molar-refractivity contribution in [1.82, 2.24) is 10.0 Å². The molecule has 1 amide bonds. The number of amides is 1. The molecule has 30 heavy (non-hydrogen) atoms. The van der Waals surface area contributed by atoms with Crippen LogP contribution >= 0.6 is 11.3 Å². The minimum atomic E-state index is -3.87. The van der Waals surface area contributed by atoms with Crippen LogP contribution in [0, 0.1) is 12.3 Å². The number of thiophene rings is 1. The Kier molecular flexibility index (Phi) is 7.88. The molecular formula is C20H20N2O6S2. The molecular weight excluding hydrogens is 428 g/mol. The molecule has 2 rings (SSSR count). The summed E-state index contributed by atoms with van der Waals surface area (Å²) < 4.78 is 31.7. The predicted octanol–water partition coefficient (Wildman–Crippen LogP) is 1.72. The van der Waals surface area contributed by atoms with E-state index in [1.165, 1.54) is 43.4 Å². The van der Waals surface area contributed by atoms with Crippen LogP contribution in [0.3, 0.4) is 0 Å². The summed E-state index contributed by atoms with van der Waals surface area (Å²) in [7, 11) is -3.87. The number of ketones is 1. The number of benzene rings is 1. The van der Waals surface area contributed by atoms with Crippen molar-refractivity contribution in [3.63, 3.8) is 0 Å². The number of terminal acetylenes is 1. The standard InChI is InChI=1S/C20H20N2O6S2/c1-4-10-22-30(26,27)17-7-5-6-15(11-17)20(25)28-13(2)19(24)18-9-8-16(29-18)12-21-14(3)23/h1,5-9,11,13,22H,10,12H2,2-3H3,(H,21,23). The van der Waals surface area contributed by atoms with Crippen LogP contribution in [0.4, 0.5) is 0 Å². The van der Waals surface area contributed by atoms with E-state index in [4.69, 9.17) is 11.2 Å². The van der Waals surface area contributed by atoms with Crippen molar-refractivity contribution < 1.29 is 27.5 Å². The Balaban J connectivity index is 2.07. The Bertz CT molecular complexity index is 1100. The lowest BCUT2D eigenvalue weighted by Crippen LogP contribution is -2.25. The Labute approximate surface area is 178 Å². The second-order valence-electron chi connectivity index (χ2n) is 6.14. The van der Waals surface area contributed by atoms with Crippen LogP contribution < -0.4 is 10.0 Å². The van der Waals surface area contributed by atoms with Gasteiger partial charge in [0.05, 0.1) is 28.4 Å². The van der Waals surface area contributed by atoms with E-state index in [-0.39, 0.29) is 22.9 Å². The van der Waals surface area contributed by atoms with Gasteiger partial charge in [0.1, 0.15) is 0 Å². The third kappa shape index (κ3) is 6.25. The van der Waals surface area contributed by atoms with E-state index >= 15 is 0 Å². The van der Waals surface area contributed by atoms with Crippen molar-refractivity contribution in [3.05, 3.63) is 51.7 Å². The molecule has 0 fully saturated rings. The lowest BCUT2D eigenvalue weighted by atomic mass is 10.2. The van der Waals surface area contributed by atoms with Gasteiger partial charge in [-0.25, -0.2) is 13.2 Å². The van der Waals surface area contributed by atoms with E-state index in [1.54, 1.807) is 12.1 Å². The first-order valence-corrected chi connectivity index (χ1v) is 11.1. The molecule has 2 aromatic rings. The highest BCUT2D eigenvalue weighted by Gasteiger charge is 2.23. The number of carbonyl (C=O) groups excluding carboxylic acids is 3. The zero-order valence-corrected chi connectivity index (χ0v) is 17.9. The SMILES string of the molecule is C#CCNS(=O)(=O)c1cccc(C(=O)OC(C)C(=O)c2ccc(CNC(C)=O)s2)c1. The van der Waals surface area contributed by atoms with Crippen molar-refractivity contribution in [2.24, 2.45) is 0 Å². The Hall–Kier alpha value is -3.00. The maximum atomic E-state index is 12.5. The van der Waals surface area contributed by atoms with Crippen LogP contribution in [-0.2, 0) is 26.1 Å². The fourth-order valence-electron chi connectivity index (χ4n) is 2.31. The van der Waals surface area contributed by atoms with E-state index in [1.807, 2.05) is 0 Å². The highest BCUT2D eigenvalue weighted by molar-refractivity contribution is 7.89. The van der Waals surface area contributed by atoms with Crippen LogP contribution in [0.25, 0.3) is 0 Å². The van der Waals surface area contributed by atoms with Crippen LogP contribution in [0.1, 0.15) is 38.8 Å². The van der Waals surface area contributed by atoms with E-state index in [0.29, 0.717) is 11.4 Å². The molecule has 10 heteroatoms. The summed E-state index contributed by atoms with van der Waals surface area (Å²) >= 11 is 1.19. The fourth-order valence-corrected chi connectivity index (χ4v) is 4.26. The largest absolute Gasteiger partial charge is 0.451 e. The number of sulfonamides is 1.